The molecule has 1 N–H and O–H groups in total. The van der Waals surface area contributed by atoms with Crippen molar-refractivity contribution in [3.63, 3.8) is 0 Å². The van der Waals surface area contributed by atoms with E-state index in [1.807, 2.05) is 6.07 Å². The van der Waals surface area contributed by atoms with Crippen molar-refractivity contribution in [2.24, 2.45) is 5.92 Å². The van der Waals surface area contributed by atoms with Gasteiger partial charge in [0, 0.05) is 12.2 Å². The van der Waals surface area contributed by atoms with Crippen LogP contribution in [-0.4, -0.2) is 19.4 Å². The van der Waals surface area contributed by atoms with Crippen molar-refractivity contribution in [1.29, 1.82) is 5.26 Å². The molecule has 1 fully saturated rings. The number of nitrogens with zero attached hydrogens (tertiary/aromatic N) is 2. The summed E-state index contributed by atoms with van der Waals surface area (Å²) < 4.78 is 26.8. The summed E-state index contributed by atoms with van der Waals surface area (Å²) in [6, 6.07) is 4.69. The van der Waals surface area contributed by atoms with Crippen LogP contribution in [0, 0.1) is 17.2 Å². The Morgan fingerprint density at radius 2 is 2.22 bits per heavy atom. The van der Waals surface area contributed by atoms with Gasteiger partial charge in [-0.05, 0) is 37.3 Å². The molecule has 5 nitrogen and oxygen atoms in total. The Kier molecular flexibility index (Phi) is 3.64. The Balaban J connectivity index is 2.13. The molecular weight excluding hydrogens is 250 g/mol. The molecule has 1 aliphatic carbocycles. The van der Waals surface area contributed by atoms with Gasteiger partial charge in [-0.2, -0.15) is 5.26 Å². The average molecular weight is 265 g/mol. The first-order chi connectivity index (χ1) is 8.51. The molecule has 0 saturated heterocycles. The summed E-state index contributed by atoms with van der Waals surface area (Å²) in [6.45, 7) is 2.12. The minimum atomic E-state index is -3.51. The Labute approximate surface area is 107 Å². The normalized spacial score (nSPS) is 23.8. The van der Waals surface area contributed by atoms with Crippen LogP contribution in [0.5, 0.6) is 0 Å². The zero-order valence-electron chi connectivity index (χ0n) is 10.1. The highest BCUT2D eigenvalue weighted by molar-refractivity contribution is 7.89. The summed E-state index contributed by atoms with van der Waals surface area (Å²) in [7, 11) is -3.51. The molecule has 6 heteroatoms. The standard InChI is InChI=1S/C12H15N3O2S/c1-9-2-3-10(6-9)15-18(16,17)12-5-4-11(7-13)14-8-12/h4-5,8-10,15H,2-3,6H2,1H3. The van der Waals surface area contributed by atoms with Crippen molar-refractivity contribution in [2.45, 2.75) is 37.1 Å². The summed E-state index contributed by atoms with van der Waals surface area (Å²) in [5.41, 5.74) is 0.212. The van der Waals surface area contributed by atoms with Gasteiger partial charge in [0.25, 0.3) is 0 Å². The van der Waals surface area contributed by atoms with Crippen LogP contribution in [0.1, 0.15) is 31.9 Å². The zero-order chi connectivity index (χ0) is 13.2. The third kappa shape index (κ3) is 2.86. The van der Waals surface area contributed by atoms with E-state index in [-0.39, 0.29) is 16.6 Å². The number of sulfonamides is 1. The summed E-state index contributed by atoms with van der Waals surface area (Å²) in [4.78, 5) is 3.88. The van der Waals surface area contributed by atoms with Gasteiger partial charge in [-0.15, -0.1) is 0 Å². The lowest BCUT2D eigenvalue weighted by atomic mass is 10.1. The highest BCUT2D eigenvalue weighted by Gasteiger charge is 2.26. The molecular formula is C12H15N3O2S. The number of aromatic nitrogens is 1. The van der Waals surface area contributed by atoms with E-state index in [4.69, 9.17) is 5.26 Å². The second-order valence-corrected chi connectivity index (χ2v) is 6.44. The molecule has 0 spiro atoms. The fourth-order valence-corrected chi connectivity index (χ4v) is 3.43. The summed E-state index contributed by atoms with van der Waals surface area (Å²) in [5.74, 6) is 0.566. The Morgan fingerprint density at radius 3 is 2.72 bits per heavy atom. The molecule has 18 heavy (non-hydrogen) atoms. The smallest absolute Gasteiger partial charge is 0.242 e. The maximum atomic E-state index is 12.1. The topological polar surface area (TPSA) is 82.9 Å². The van der Waals surface area contributed by atoms with Gasteiger partial charge in [-0.25, -0.2) is 18.1 Å². The van der Waals surface area contributed by atoms with Crippen molar-refractivity contribution in [2.75, 3.05) is 0 Å². The summed E-state index contributed by atoms with van der Waals surface area (Å²) >= 11 is 0. The predicted octanol–water partition coefficient (Wildman–Crippen LogP) is 1.42. The van der Waals surface area contributed by atoms with E-state index >= 15 is 0 Å². The first-order valence-corrected chi connectivity index (χ1v) is 7.38. The van der Waals surface area contributed by atoms with Gasteiger partial charge < -0.3 is 0 Å². The van der Waals surface area contributed by atoms with Crippen LogP contribution in [-0.2, 0) is 10.0 Å². The molecule has 2 unspecified atom stereocenters. The third-order valence-electron chi connectivity index (χ3n) is 3.18. The fraction of sp³-hybridized carbons (Fsp3) is 0.500. The largest absolute Gasteiger partial charge is 0.244 e. The summed E-state index contributed by atoms with van der Waals surface area (Å²) in [6.07, 6.45) is 4.03. The minimum absolute atomic E-state index is 0.0145. The molecule has 0 aromatic carbocycles. The second kappa shape index (κ2) is 5.04. The quantitative estimate of drug-likeness (QED) is 0.896. The first-order valence-electron chi connectivity index (χ1n) is 5.90. The molecule has 2 atom stereocenters. The van der Waals surface area contributed by atoms with Gasteiger partial charge in [0.1, 0.15) is 16.7 Å². The van der Waals surface area contributed by atoms with E-state index in [9.17, 15) is 8.42 Å². The van der Waals surface area contributed by atoms with E-state index in [0.717, 1.165) is 19.3 Å². The van der Waals surface area contributed by atoms with Crippen LogP contribution in [0.4, 0.5) is 0 Å². The van der Waals surface area contributed by atoms with E-state index in [1.54, 1.807) is 0 Å². The molecule has 0 aliphatic heterocycles. The predicted molar refractivity (Wildman–Crippen MR) is 66.1 cm³/mol. The molecule has 96 valence electrons. The lowest BCUT2D eigenvalue weighted by molar-refractivity contribution is 0.538. The van der Waals surface area contributed by atoms with Crippen LogP contribution in [0.3, 0.4) is 0 Å². The molecule has 2 rings (SSSR count). The Hall–Kier alpha value is -1.45. The molecule has 0 bridgehead atoms. The van der Waals surface area contributed by atoms with Crippen molar-refractivity contribution in [1.82, 2.24) is 9.71 Å². The number of nitrogens with one attached hydrogen (secondary N) is 1. The van der Waals surface area contributed by atoms with Crippen molar-refractivity contribution >= 4 is 10.0 Å². The number of nitriles is 1. The number of rotatable bonds is 3. The van der Waals surface area contributed by atoms with Crippen LogP contribution in [0.2, 0.25) is 0 Å². The summed E-state index contributed by atoms with van der Waals surface area (Å²) in [5, 5.41) is 8.61. The van der Waals surface area contributed by atoms with Gasteiger partial charge >= 0.3 is 0 Å². The van der Waals surface area contributed by atoms with Crippen LogP contribution >= 0.6 is 0 Å². The molecule has 0 radical (unpaired) electrons. The van der Waals surface area contributed by atoms with Crippen molar-refractivity contribution in [3.05, 3.63) is 24.0 Å². The van der Waals surface area contributed by atoms with E-state index in [2.05, 4.69) is 16.6 Å². The van der Waals surface area contributed by atoms with Crippen molar-refractivity contribution < 1.29 is 8.42 Å². The highest BCUT2D eigenvalue weighted by Crippen LogP contribution is 2.25. The van der Waals surface area contributed by atoms with Crippen LogP contribution < -0.4 is 4.72 Å². The zero-order valence-corrected chi connectivity index (χ0v) is 10.9. The monoisotopic (exact) mass is 265 g/mol. The van der Waals surface area contributed by atoms with E-state index < -0.39 is 10.0 Å². The van der Waals surface area contributed by atoms with E-state index in [0.29, 0.717) is 5.92 Å². The number of hydrogen-bond donors (Lipinski definition) is 1. The lowest BCUT2D eigenvalue weighted by Gasteiger charge is -2.12. The molecule has 1 aromatic heterocycles. The molecule has 1 heterocycles. The maximum Gasteiger partial charge on any atom is 0.242 e. The second-order valence-electron chi connectivity index (χ2n) is 4.73. The van der Waals surface area contributed by atoms with Gasteiger partial charge in [-0.3, -0.25) is 0 Å². The van der Waals surface area contributed by atoms with Gasteiger partial charge in [-0.1, -0.05) is 6.92 Å². The van der Waals surface area contributed by atoms with Crippen LogP contribution in [0.25, 0.3) is 0 Å². The maximum absolute atomic E-state index is 12.1. The molecule has 0 amide bonds. The molecule has 1 saturated carbocycles. The SMILES string of the molecule is CC1CCC(NS(=O)(=O)c2ccc(C#N)nc2)C1. The van der Waals surface area contributed by atoms with Crippen molar-refractivity contribution in [3.8, 4) is 6.07 Å². The number of hydrogen-bond acceptors (Lipinski definition) is 4. The highest BCUT2D eigenvalue weighted by atomic mass is 32.2. The molecule has 1 aromatic rings. The van der Waals surface area contributed by atoms with Gasteiger partial charge in [0.2, 0.25) is 10.0 Å². The average Bonchev–Trinajstić information content (AvgIpc) is 2.74. The first kappa shape index (κ1) is 13.0. The van der Waals surface area contributed by atoms with E-state index in [1.165, 1.54) is 18.3 Å². The minimum Gasteiger partial charge on any atom is -0.244 e. The lowest BCUT2D eigenvalue weighted by Crippen LogP contribution is -2.33. The molecule has 1 aliphatic rings. The number of pyridine rings is 1. The van der Waals surface area contributed by atoms with Gasteiger partial charge in [0.15, 0.2) is 0 Å². The third-order valence-corrected chi connectivity index (χ3v) is 4.68. The Bertz CT molecular complexity index is 560. The fourth-order valence-electron chi connectivity index (χ4n) is 2.21. The Morgan fingerprint density at radius 1 is 1.44 bits per heavy atom. The van der Waals surface area contributed by atoms with Gasteiger partial charge in [0.05, 0.1) is 0 Å². The van der Waals surface area contributed by atoms with Crippen LogP contribution in [0.15, 0.2) is 23.2 Å².